The van der Waals surface area contributed by atoms with Crippen molar-refractivity contribution in [1.82, 2.24) is 19.9 Å². The lowest BCUT2D eigenvalue weighted by Gasteiger charge is -1.96. The molecular formula is C8H7ClN4O. The third kappa shape index (κ3) is 1.31. The zero-order chi connectivity index (χ0) is 10.1. The molecule has 0 aliphatic heterocycles. The lowest BCUT2D eigenvalue weighted by Crippen LogP contribution is -2.17. The van der Waals surface area contributed by atoms with Crippen LogP contribution < -0.4 is 5.32 Å². The van der Waals surface area contributed by atoms with E-state index in [-0.39, 0.29) is 5.91 Å². The summed E-state index contributed by atoms with van der Waals surface area (Å²) < 4.78 is 1.50. The molecule has 5 nitrogen and oxygen atoms in total. The van der Waals surface area contributed by atoms with E-state index in [1.807, 2.05) is 0 Å². The number of hydrogen-bond acceptors (Lipinski definition) is 3. The molecule has 0 aromatic carbocycles. The molecule has 0 unspecified atom stereocenters. The molecule has 1 amide bonds. The highest BCUT2D eigenvalue weighted by Gasteiger charge is 2.12. The van der Waals surface area contributed by atoms with Crippen LogP contribution in [0.1, 0.15) is 10.4 Å². The number of aromatic nitrogens is 3. The molecule has 6 heteroatoms. The van der Waals surface area contributed by atoms with Crippen LogP contribution in [0.4, 0.5) is 0 Å². The van der Waals surface area contributed by atoms with Gasteiger partial charge in [-0.3, -0.25) is 4.79 Å². The average Bonchev–Trinajstić information content (AvgIpc) is 2.59. The van der Waals surface area contributed by atoms with Gasteiger partial charge >= 0.3 is 0 Å². The second kappa shape index (κ2) is 3.26. The first-order chi connectivity index (χ1) is 6.72. The Bertz CT molecular complexity index is 493. The van der Waals surface area contributed by atoms with E-state index in [4.69, 9.17) is 11.6 Å². The number of nitrogens with zero attached hydrogens (tertiary/aromatic N) is 3. The molecule has 0 aliphatic rings. The Labute approximate surface area is 84.7 Å². The van der Waals surface area contributed by atoms with Crippen LogP contribution in [0.25, 0.3) is 5.65 Å². The number of amides is 1. The maximum Gasteiger partial charge on any atom is 0.256 e. The van der Waals surface area contributed by atoms with Crippen LogP contribution in [0, 0.1) is 0 Å². The van der Waals surface area contributed by atoms with Gasteiger partial charge in [0.2, 0.25) is 0 Å². The van der Waals surface area contributed by atoms with Crippen LogP contribution in [0.15, 0.2) is 18.5 Å². The zero-order valence-electron chi connectivity index (χ0n) is 7.36. The SMILES string of the molecule is CNC(=O)c1cnn2ccc(Cl)nc12. The molecule has 0 saturated heterocycles. The van der Waals surface area contributed by atoms with Crippen molar-refractivity contribution >= 4 is 23.2 Å². The van der Waals surface area contributed by atoms with E-state index >= 15 is 0 Å². The van der Waals surface area contributed by atoms with Gasteiger partial charge < -0.3 is 5.32 Å². The molecule has 0 saturated carbocycles. The lowest BCUT2D eigenvalue weighted by molar-refractivity contribution is 0.0964. The Kier molecular flexibility index (Phi) is 2.09. The fourth-order valence-corrected chi connectivity index (χ4v) is 1.28. The summed E-state index contributed by atoms with van der Waals surface area (Å²) in [6, 6.07) is 1.61. The third-order valence-electron chi connectivity index (χ3n) is 1.81. The third-order valence-corrected chi connectivity index (χ3v) is 2.02. The van der Waals surface area contributed by atoms with E-state index in [2.05, 4.69) is 15.4 Å². The van der Waals surface area contributed by atoms with Crippen LogP contribution in [0.3, 0.4) is 0 Å². The predicted octanol–water partition coefficient (Wildman–Crippen LogP) is 0.742. The van der Waals surface area contributed by atoms with E-state index < -0.39 is 0 Å². The Morgan fingerprint density at radius 3 is 3.14 bits per heavy atom. The van der Waals surface area contributed by atoms with E-state index in [1.165, 1.54) is 10.7 Å². The van der Waals surface area contributed by atoms with Crippen molar-refractivity contribution in [2.24, 2.45) is 0 Å². The van der Waals surface area contributed by atoms with Gasteiger partial charge in [0, 0.05) is 13.2 Å². The maximum absolute atomic E-state index is 11.4. The van der Waals surface area contributed by atoms with Gasteiger partial charge in [-0.2, -0.15) is 5.10 Å². The normalized spacial score (nSPS) is 10.4. The summed E-state index contributed by atoms with van der Waals surface area (Å²) in [6.07, 6.45) is 3.11. The first-order valence-electron chi connectivity index (χ1n) is 3.94. The molecule has 2 aromatic rings. The molecule has 1 N–H and O–H groups in total. The molecule has 0 aliphatic carbocycles. The summed E-state index contributed by atoms with van der Waals surface area (Å²) in [5.74, 6) is -0.227. The minimum atomic E-state index is -0.227. The summed E-state index contributed by atoms with van der Waals surface area (Å²) in [5, 5.41) is 6.80. The monoisotopic (exact) mass is 210 g/mol. The zero-order valence-corrected chi connectivity index (χ0v) is 8.12. The standard InChI is InChI=1S/C8H7ClN4O/c1-10-8(14)5-4-11-13-3-2-6(9)12-7(5)13/h2-4H,1H3,(H,10,14). The molecule has 72 valence electrons. The summed E-state index contributed by atoms with van der Waals surface area (Å²) >= 11 is 5.71. The van der Waals surface area contributed by atoms with Gasteiger partial charge in [0.15, 0.2) is 5.65 Å². The van der Waals surface area contributed by atoms with E-state index in [1.54, 1.807) is 19.3 Å². The van der Waals surface area contributed by atoms with E-state index in [0.29, 0.717) is 16.4 Å². The van der Waals surface area contributed by atoms with Gasteiger partial charge in [-0.05, 0) is 6.07 Å². The predicted molar refractivity (Wildman–Crippen MR) is 51.4 cm³/mol. The number of hydrogen-bond donors (Lipinski definition) is 1. The van der Waals surface area contributed by atoms with Gasteiger partial charge in [-0.15, -0.1) is 0 Å². The number of carbonyl (C=O) groups is 1. The Hall–Kier alpha value is -1.62. The van der Waals surface area contributed by atoms with E-state index in [9.17, 15) is 4.79 Å². The van der Waals surface area contributed by atoms with Crippen LogP contribution in [-0.2, 0) is 0 Å². The number of nitrogens with one attached hydrogen (secondary N) is 1. The number of carbonyl (C=O) groups excluding carboxylic acids is 1. The highest BCUT2D eigenvalue weighted by Crippen LogP contribution is 2.11. The molecular weight excluding hydrogens is 204 g/mol. The highest BCUT2D eigenvalue weighted by molar-refractivity contribution is 6.29. The first-order valence-corrected chi connectivity index (χ1v) is 4.32. The minimum Gasteiger partial charge on any atom is -0.355 e. The van der Waals surface area contributed by atoms with Crippen molar-refractivity contribution in [3.63, 3.8) is 0 Å². The largest absolute Gasteiger partial charge is 0.355 e. The van der Waals surface area contributed by atoms with Crippen molar-refractivity contribution in [2.75, 3.05) is 7.05 Å². The van der Waals surface area contributed by atoms with Crippen LogP contribution in [-0.4, -0.2) is 27.6 Å². The summed E-state index contributed by atoms with van der Waals surface area (Å²) in [6.45, 7) is 0. The van der Waals surface area contributed by atoms with Crippen molar-refractivity contribution in [3.05, 3.63) is 29.2 Å². The van der Waals surface area contributed by atoms with Crippen molar-refractivity contribution in [1.29, 1.82) is 0 Å². The second-order valence-corrected chi connectivity index (χ2v) is 3.04. The quantitative estimate of drug-likeness (QED) is 0.707. The topological polar surface area (TPSA) is 59.3 Å². The molecule has 0 spiro atoms. The molecule has 2 heterocycles. The Morgan fingerprint density at radius 1 is 1.64 bits per heavy atom. The van der Waals surface area contributed by atoms with Gasteiger partial charge in [0.1, 0.15) is 10.7 Å². The first kappa shape index (κ1) is 8.96. The van der Waals surface area contributed by atoms with Gasteiger partial charge in [-0.1, -0.05) is 11.6 Å². The number of halogens is 1. The molecule has 2 rings (SSSR count). The molecule has 14 heavy (non-hydrogen) atoms. The van der Waals surface area contributed by atoms with E-state index in [0.717, 1.165) is 0 Å². The summed E-state index contributed by atoms with van der Waals surface area (Å²) in [5.41, 5.74) is 0.867. The number of rotatable bonds is 1. The highest BCUT2D eigenvalue weighted by atomic mass is 35.5. The Morgan fingerprint density at radius 2 is 2.43 bits per heavy atom. The summed E-state index contributed by atoms with van der Waals surface area (Å²) in [4.78, 5) is 15.4. The lowest BCUT2D eigenvalue weighted by atomic mass is 10.3. The average molecular weight is 211 g/mol. The molecule has 0 bridgehead atoms. The van der Waals surface area contributed by atoms with Crippen LogP contribution in [0.2, 0.25) is 5.15 Å². The fourth-order valence-electron chi connectivity index (χ4n) is 1.14. The van der Waals surface area contributed by atoms with Crippen LogP contribution in [0.5, 0.6) is 0 Å². The van der Waals surface area contributed by atoms with Crippen molar-refractivity contribution in [2.45, 2.75) is 0 Å². The van der Waals surface area contributed by atoms with Crippen molar-refractivity contribution in [3.8, 4) is 0 Å². The molecule has 2 aromatic heterocycles. The van der Waals surface area contributed by atoms with Gasteiger partial charge in [0.25, 0.3) is 5.91 Å². The maximum atomic E-state index is 11.4. The fraction of sp³-hybridized carbons (Fsp3) is 0.125. The molecule has 0 atom stereocenters. The molecule has 0 fully saturated rings. The van der Waals surface area contributed by atoms with Crippen molar-refractivity contribution < 1.29 is 4.79 Å². The van der Waals surface area contributed by atoms with Crippen LogP contribution >= 0.6 is 11.6 Å². The number of fused-ring (bicyclic) bond motifs is 1. The van der Waals surface area contributed by atoms with Gasteiger partial charge in [0.05, 0.1) is 6.20 Å². The summed E-state index contributed by atoms with van der Waals surface area (Å²) in [7, 11) is 1.55. The smallest absolute Gasteiger partial charge is 0.256 e. The Balaban J connectivity index is 2.67. The van der Waals surface area contributed by atoms with Gasteiger partial charge in [-0.25, -0.2) is 9.50 Å². The second-order valence-electron chi connectivity index (χ2n) is 2.66. The minimum absolute atomic E-state index is 0.227. The molecule has 0 radical (unpaired) electrons.